The highest BCUT2D eigenvalue weighted by molar-refractivity contribution is 5.97. The fraction of sp³-hybridized carbons (Fsp3) is 0.667. The Hall–Kier alpha value is -1.19. The first-order chi connectivity index (χ1) is 6.06. The standard InChI is InChI=1S/C9H14O4/c1-7(10)6-8(11)4-3-5-9(12)13-2/h3-6H2,1-2H3. The number of carbonyl (C=O) groups excluding carboxylic acids is 3. The molecule has 4 nitrogen and oxygen atoms in total. The summed E-state index contributed by atoms with van der Waals surface area (Å²) in [5.74, 6) is -0.574. The number of ketones is 2. The maximum Gasteiger partial charge on any atom is 0.305 e. The second-order valence-corrected chi connectivity index (χ2v) is 2.85. The molecule has 0 aliphatic heterocycles. The van der Waals surface area contributed by atoms with Crippen LogP contribution in [0.15, 0.2) is 0 Å². The predicted octanol–water partition coefficient (Wildman–Crippen LogP) is 0.878. The number of esters is 1. The maximum absolute atomic E-state index is 11.0. The van der Waals surface area contributed by atoms with Gasteiger partial charge in [-0.2, -0.15) is 0 Å². The number of hydrogen-bond acceptors (Lipinski definition) is 4. The summed E-state index contributed by atoms with van der Waals surface area (Å²) in [5, 5.41) is 0. The Morgan fingerprint density at radius 3 is 2.23 bits per heavy atom. The van der Waals surface area contributed by atoms with Crippen molar-refractivity contribution in [1.82, 2.24) is 0 Å². The molecular formula is C9H14O4. The van der Waals surface area contributed by atoms with Crippen LogP contribution >= 0.6 is 0 Å². The van der Waals surface area contributed by atoms with Gasteiger partial charge in [0.05, 0.1) is 13.5 Å². The molecule has 0 radical (unpaired) electrons. The van der Waals surface area contributed by atoms with Gasteiger partial charge in [0.25, 0.3) is 0 Å². The summed E-state index contributed by atoms with van der Waals surface area (Å²) in [7, 11) is 1.31. The van der Waals surface area contributed by atoms with Gasteiger partial charge in [0.2, 0.25) is 0 Å². The van der Waals surface area contributed by atoms with E-state index in [1.807, 2.05) is 0 Å². The molecule has 0 aromatic heterocycles. The highest BCUT2D eigenvalue weighted by Gasteiger charge is 2.06. The first kappa shape index (κ1) is 11.8. The second-order valence-electron chi connectivity index (χ2n) is 2.85. The molecule has 0 saturated heterocycles. The SMILES string of the molecule is COC(=O)CCCC(=O)CC(C)=O. The van der Waals surface area contributed by atoms with Gasteiger partial charge in [-0.25, -0.2) is 0 Å². The van der Waals surface area contributed by atoms with Crippen LogP contribution in [0.1, 0.15) is 32.6 Å². The van der Waals surface area contributed by atoms with E-state index in [1.165, 1.54) is 14.0 Å². The average molecular weight is 186 g/mol. The summed E-state index contributed by atoms with van der Waals surface area (Å²) in [4.78, 5) is 32.1. The average Bonchev–Trinajstić information content (AvgIpc) is 2.02. The molecule has 0 aromatic carbocycles. The highest BCUT2D eigenvalue weighted by Crippen LogP contribution is 2.00. The van der Waals surface area contributed by atoms with Gasteiger partial charge in [-0.15, -0.1) is 0 Å². The number of ether oxygens (including phenoxy) is 1. The molecule has 0 fully saturated rings. The molecular weight excluding hydrogens is 172 g/mol. The smallest absolute Gasteiger partial charge is 0.305 e. The van der Waals surface area contributed by atoms with Gasteiger partial charge in [0, 0.05) is 12.8 Å². The van der Waals surface area contributed by atoms with Gasteiger partial charge in [0.1, 0.15) is 11.6 Å². The lowest BCUT2D eigenvalue weighted by molar-refractivity contribution is -0.140. The van der Waals surface area contributed by atoms with Gasteiger partial charge in [0.15, 0.2) is 0 Å². The van der Waals surface area contributed by atoms with E-state index in [9.17, 15) is 14.4 Å². The lowest BCUT2D eigenvalue weighted by Gasteiger charge is -1.98. The Balaban J connectivity index is 3.48. The van der Waals surface area contributed by atoms with Crippen LogP contribution in [0.25, 0.3) is 0 Å². The predicted molar refractivity (Wildman–Crippen MR) is 46.2 cm³/mol. The molecule has 74 valence electrons. The number of Topliss-reactive ketones (excluding diaryl/α,β-unsaturated/α-hetero) is 2. The molecule has 0 unspecified atom stereocenters. The van der Waals surface area contributed by atoms with Crippen molar-refractivity contribution in [3.63, 3.8) is 0 Å². The van der Waals surface area contributed by atoms with Crippen LogP contribution < -0.4 is 0 Å². The van der Waals surface area contributed by atoms with Crippen molar-refractivity contribution in [2.24, 2.45) is 0 Å². The maximum atomic E-state index is 11.0. The van der Waals surface area contributed by atoms with Gasteiger partial charge in [-0.3, -0.25) is 14.4 Å². The van der Waals surface area contributed by atoms with Gasteiger partial charge in [-0.05, 0) is 13.3 Å². The summed E-state index contributed by atoms with van der Waals surface area (Å²) in [6, 6.07) is 0. The molecule has 0 aliphatic carbocycles. The van der Waals surface area contributed by atoms with Crippen molar-refractivity contribution in [1.29, 1.82) is 0 Å². The van der Waals surface area contributed by atoms with Crippen LogP contribution in [0.5, 0.6) is 0 Å². The van der Waals surface area contributed by atoms with Crippen molar-refractivity contribution < 1.29 is 19.1 Å². The van der Waals surface area contributed by atoms with E-state index >= 15 is 0 Å². The monoisotopic (exact) mass is 186 g/mol. The van der Waals surface area contributed by atoms with E-state index in [4.69, 9.17) is 0 Å². The summed E-state index contributed by atoms with van der Waals surface area (Å²) in [6.45, 7) is 1.37. The first-order valence-electron chi connectivity index (χ1n) is 4.14. The topological polar surface area (TPSA) is 60.4 Å². The van der Waals surface area contributed by atoms with E-state index < -0.39 is 0 Å². The lowest BCUT2D eigenvalue weighted by Crippen LogP contribution is -2.06. The summed E-state index contributed by atoms with van der Waals surface area (Å²) in [6.07, 6.45) is 0.939. The van der Waals surface area contributed by atoms with Gasteiger partial charge >= 0.3 is 5.97 Å². The Kier molecular flexibility index (Phi) is 5.76. The molecule has 0 atom stereocenters. The third-order valence-corrected chi connectivity index (χ3v) is 1.51. The zero-order valence-electron chi connectivity index (χ0n) is 7.96. The van der Waals surface area contributed by atoms with Crippen molar-refractivity contribution in [2.45, 2.75) is 32.6 Å². The Bertz CT molecular complexity index is 208. The third kappa shape index (κ3) is 7.18. The number of methoxy groups -OCH3 is 1. The minimum Gasteiger partial charge on any atom is -0.469 e. The Morgan fingerprint density at radius 2 is 1.77 bits per heavy atom. The number of hydrogen-bond donors (Lipinski definition) is 0. The Morgan fingerprint density at radius 1 is 1.15 bits per heavy atom. The molecule has 0 bridgehead atoms. The van der Waals surface area contributed by atoms with Crippen LogP contribution in [0.4, 0.5) is 0 Å². The lowest BCUT2D eigenvalue weighted by atomic mass is 10.1. The van der Waals surface area contributed by atoms with Crippen LogP contribution in [0, 0.1) is 0 Å². The number of carbonyl (C=O) groups is 3. The molecule has 0 amide bonds. The summed E-state index contributed by atoms with van der Waals surface area (Å²) >= 11 is 0. The zero-order valence-corrected chi connectivity index (χ0v) is 7.96. The molecule has 0 rings (SSSR count). The molecule has 0 N–H and O–H groups in total. The molecule has 0 heterocycles. The van der Waals surface area contributed by atoms with Crippen LogP contribution in [-0.2, 0) is 19.1 Å². The van der Waals surface area contributed by atoms with Crippen molar-refractivity contribution in [2.75, 3.05) is 7.11 Å². The fourth-order valence-electron chi connectivity index (χ4n) is 0.898. The summed E-state index contributed by atoms with van der Waals surface area (Å²) < 4.78 is 4.40. The van der Waals surface area contributed by atoms with Crippen LogP contribution in [-0.4, -0.2) is 24.6 Å². The first-order valence-corrected chi connectivity index (χ1v) is 4.14. The van der Waals surface area contributed by atoms with E-state index in [0.717, 1.165) is 0 Å². The minimum absolute atomic E-state index is 0.0266. The highest BCUT2D eigenvalue weighted by atomic mass is 16.5. The van der Waals surface area contributed by atoms with Crippen molar-refractivity contribution in [3.8, 4) is 0 Å². The van der Waals surface area contributed by atoms with Crippen molar-refractivity contribution >= 4 is 17.5 Å². The van der Waals surface area contributed by atoms with E-state index in [2.05, 4.69) is 4.74 Å². The van der Waals surface area contributed by atoms with E-state index in [1.54, 1.807) is 0 Å². The van der Waals surface area contributed by atoms with E-state index in [0.29, 0.717) is 6.42 Å². The molecule has 0 aliphatic rings. The second kappa shape index (κ2) is 6.34. The zero-order chi connectivity index (χ0) is 10.3. The largest absolute Gasteiger partial charge is 0.469 e. The quantitative estimate of drug-likeness (QED) is 0.456. The third-order valence-electron chi connectivity index (χ3n) is 1.51. The van der Waals surface area contributed by atoms with Gasteiger partial charge in [-0.1, -0.05) is 0 Å². The molecule has 13 heavy (non-hydrogen) atoms. The minimum atomic E-state index is -0.323. The Labute approximate surface area is 77.3 Å². The molecule has 0 spiro atoms. The molecule has 0 aromatic rings. The fourth-order valence-corrected chi connectivity index (χ4v) is 0.898. The van der Waals surface area contributed by atoms with E-state index in [-0.39, 0.29) is 36.8 Å². The van der Waals surface area contributed by atoms with Gasteiger partial charge < -0.3 is 4.74 Å². The van der Waals surface area contributed by atoms with Crippen molar-refractivity contribution in [3.05, 3.63) is 0 Å². The van der Waals surface area contributed by atoms with Crippen LogP contribution in [0.2, 0.25) is 0 Å². The molecule has 0 saturated carbocycles. The van der Waals surface area contributed by atoms with Crippen LogP contribution in [0.3, 0.4) is 0 Å². The normalized spacial score (nSPS) is 9.38. The summed E-state index contributed by atoms with van der Waals surface area (Å²) in [5.41, 5.74) is 0. The molecule has 4 heteroatoms. The number of rotatable bonds is 6.